The van der Waals surface area contributed by atoms with E-state index in [0.717, 1.165) is 27.6 Å². The molecule has 0 aliphatic carbocycles. The fourth-order valence-electron chi connectivity index (χ4n) is 2.89. The Balaban J connectivity index is 1.48. The van der Waals surface area contributed by atoms with Crippen LogP contribution >= 0.6 is 0 Å². The molecule has 0 atom stereocenters. The molecule has 1 heterocycles. The first-order valence-electron chi connectivity index (χ1n) is 8.64. The highest BCUT2D eigenvalue weighted by atomic mass is 16.2. The molecule has 0 aliphatic rings. The van der Waals surface area contributed by atoms with Crippen LogP contribution in [0.1, 0.15) is 21.6 Å². The molecule has 4 rings (SSSR count). The molecule has 0 saturated heterocycles. The van der Waals surface area contributed by atoms with Gasteiger partial charge in [-0.05, 0) is 23.8 Å². The smallest absolute Gasteiger partial charge is 0.272 e. The van der Waals surface area contributed by atoms with E-state index in [1.165, 1.54) is 5.56 Å². The molecule has 0 radical (unpaired) electrons. The van der Waals surface area contributed by atoms with Crippen LogP contribution in [0.5, 0.6) is 0 Å². The third-order valence-corrected chi connectivity index (χ3v) is 4.36. The van der Waals surface area contributed by atoms with Gasteiger partial charge in [-0.25, -0.2) is 5.43 Å². The number of hydrogen-bond acceptors (Lipinski definition) is 3. The van der Waals surface area contributed by atoms with Crippen molar-refractivity contribution in [2.24, 2.45) is 5.10 Å². The average Bonchev–Trinajstić information content (AvgIpc) is 3.19. The van der Waals surface area contributed by atoms with E-state index in [1.54, 1.807) is 12.3 Å². The van der Waals surface area contributed by atoms with Crippen LogP contribution in [-0.2, 0) is 0 Å². The van der Waals surface area contributed by atoms with Crippen molar-refractivity contribution in [1.82, 2.24) is 15.6 Å². The van der Waals surface area contributed by atoms with E-state index in [2.05, 4.69) is 20.7 Å². The lowest BCUT2D eigenvalue weighted by Gasteiger charge is -2.01. The van der Waals surface area contributed by atoms with Crippen molar-refractivity contribution < 1.29 is 4.79 Å². The predicted octanol–water partition coefficient (Wildman–Crippen LogP) is 4.30. The van der Waals surface area contributed by atoms with Gasteiger partial charge in [-0.2, -0.15) is 10.2 Å². The van der Waals surface area contributed by atoms with E-state index in [-0.39, 0.29) is 5.91 Å². The van der Waals surface area contributed by atoms with Gasteiger partial charge in [0.1, 0.15) is 5.69 Å². The Hall–Kier alpha value is -3.73. The number of H-pyrrole nitrogens is 1. The Labute approximate surface area is 156 Å². The van der Waals surface area contributed by atoms with Crippen molar-refractivity contribution in [3.05, 3.63) is 89.6 Å². The highest BCUT2D eigenvalue weighted by Gasteiger charge is 2.10. The molecule has 3 aromatic carbocycles. The average molecular weight is 354 g/mol. The summed E-state index contributed by atoms with van der Waals surface area (Å²) in [5, 5.41) is 13.3. The Morgan fingerprint density at radius 1 is 1.04 bits per heavy atom. The number of hydrogen-bond donors (Lipinski definition) is 2. The van der Waals surface area contributed by atoms with Crippen molar-refractivity contribution in [3.8, 4) is 11.3 Å². The zero-order chi connectivity index (χ0) is 18.6. The number of fused-ring (bicyclic) bond motifs is 1. The minimum Gasteiger partial charge on any atom is -0.272 e. The van der Waals surface area contributed by atoms with E-state index in [9.17, 15) is 4.79 Å². The second-order valence-corrected chi connectivity index (χ2v) is 6.30. The van der Waals surface area contributed by atoms with Gasteiger partial charge in [-0.3, -0.25) is 9.89 Å². The van der Waals surface area contributed by atoms with E-state index < -0.39 is 0 Å². The molecule has 0 bridgehead atoms. The lowest BCUT2D eigenvalue weighted by atomic mass is 10.1. The molecule has 5 heteroatoms. The Morgan fingerprint density at radius 3 is 2.67 bits per heavy atom. The summed E-state index contributed by atoms with van der Waals surface area (Å²) in [6.07, 6.45) is 1.65. The summed E-state index contributed by atoms with van der Waals surface area (Å²) in [6, 6.07) is 23.7. The van der Waals surface area contributed by atoms with Crippen molar-refractivity contribution >= 4 is 22.9 Å². The van der Waals surface area contributed by atoms with Crippen molar-refractivity contribution in [1.29, 1.82) is 0 Å². The summed E-state index contributed by atoms with van der Waals surface area (Å²) in [5.74, 6) is -0.336. The lowest BCUT2D eigenvalue weighted by Crippen LogP contribution is -2.18. The molecule has 0 fully saturated rings. The Kier molecular flexibility index (Phi) is 4.49. The normalized spacial score (nSPS) is 11.1. The van der Waals surface area contributed by atoms with Crippen molar-refractivity contribution in [2.45, 2.75) is 6.92 Å². The van der Waals surface area contributed by atoms with Crippen LogP contribution < -0.4 is 5.43 Å². The molecule has 0 saturated carbocycles. The number of rotatable bonds is 4. The number of hydrazone groups is 1. The SMILES string of the molecule is Cc1ccc(-c2cc(C(=O)NN=Cc3cccc4ccccc34)[nH]n2)cc1. The lowest BCUT2D eigenvalue weighted by molar-refractivity contribution is 0.0950. The quantitative estimate of drug-likeness (QED) is 0.424. The maximum atomic E-state index is 12.3. The van der Waals surface area contributed by atoms with Gasteiger partial charge in [0.2, 0.25) is 0 Å². The summed E-state index contributed by atoms with van der Waals surface area (Å²) < 4.78 is 0. The van der Waals surface area contributed by atoms with Gasteiger partial charge in [-0.1, -0.05) is 72.3 Å². The first kappa shape index (κ1) is 16.7. The number of carbonyl (C=O) groups is 1. The summed E-state index contributed by atoms with van der Waals surface area (Å²) in [5.41, 5.74) is 6.70. The maximum absolute atomic E-state index is 12.3. The summed E-state index contributed by atoms with van der Waals surface area (Å²) >= 11 is 0. The zero-order valence-corrected chi connectivity index (χ0v) is 14.8. The monoisotopic (exact) mass is 354 g/mol. The van der Waals surface area contributed by atoms with E-state index in [4.69, 9.17) is 0 Å². The molecular formula is C22H18N4O. The molecule has 27 heavy (non-hydrogen) atoms. The molecule has 132 valence electrons. The number of aromatic nitrogens is 2. The Morgan fingerprint density at radius 2 is 1.81 bits per heavy atom. The van der Waals surface area contributed by atoms with Crippen LogP contribution in [0.2, 0.25) is 0 Å². The topological polar surface area (TPSA) is 70.1 Å². The fourth-order valence-corrected chi connectivity index (χ4v) is 2.89. The molecule has 4 aromatic rings. The highest BCUT2D eigenvalue weighted by molar-refractivity contribution is 6.00. The van der Waals surface area contributed by atoms with Crippen LogP contribution in [-0.4, -0.2) is 22.3 Å². The van der Waals surface area contributed by atoms with Gasteiger partial charge in [0.25, 0.3) is 5.91 Å². The van der Waals surface area contributed by atoms with E-state index in [1.807, 2.05) is 73.7 Å². The third kappa shape index (κ3) is 3.62. The zero-order valence-electron chi connectivity index (χ0n) is 14.8. The molecule has 5 nitrogen and oxygen atoms in total. The molecule has 0 spiro atoms. The number of nitrogens with one attached hydrogen (secondary N) is 2. The predicted molar refractivity (Wildman–Crippen MR) is 108 cm³/mol. The third-order valence-electron chi connectivity index (χ3n) is 4.36. The fraction of sp³-hybridized carbons (Fsp3) is 0.0455. The molecule has 0 unspecified atom stereocenters. The number of carbonyl (C=O) groups excluding carboxylic acids is 1. The number of nitrogens with zero attached hydrogens (tertiary/aromatic N) is 2. The molecular weight excluding hydrogens is 336 g/mol. The minimum absolute atomic E-state index is 0.336. The molecule has 2 N–H and O–H groups in total. The van der Waals surface area contributed by atoms with Gasteiger partial charge < -0.3 is 0 Å². The Bertz CT molecular complexity index is 1120. The number of aromatic amines is 1. The second-order valence-electron chi connectivity index (χ2n) is 6.30. The second kappa shape index (κ2) is 7.25. The largest absolute Gasteiger partial charge is 0.289 e. The number of aryl methyl sites for hydroxylation is 1. The first-order valence-corrected chi connectivity index (χ1v) is 8.64. The van der Waals surface area contributed by atoms with Gasteiger partial charge in [0, 0.05) is 11.1 Å². The maximum Gasteiger partial charge on any atom is 0.289 e. The highest BCUT2D eigenvalue weighted by Crippen LogP contribution is 2.18. The molecule has 1 aromatic heterocycles. The molecule has 0 aliphatic heterocycles. The standard InChI is InChI=1S/C22H18N4O/c1-15-9-11-17(12-10-15)20-13-21(25-24-20)22(27)26-23-14-18-7-4-6-16-5-2-3-8-19(16)18/h2-14H,1H3,(H,24,25)(H,26,27). The van der Waals surface area contributed by atoms with Gasteiger partial charge >= 0.3 is 0 Å². The van der Waals surface area contributed by atoms with E-state index >= 15 is 0 Å². The van der Waals surface area contributed by atoms with Crippen LogP contribution in [0.3, 0.4) is 0 Å². The van der Waals surface area contributed by atoms with Gasteiger partial charge in [0.05, 0.1) is 11.9 Å². The van der Waals surface area contributed by atoms with E-state index in [0.29, 0.717) is 5.69 Å². The number of benzene rings is 3. The summed E-state index contributed by atoms with van der Waals surface area (Å²) in [4.78, 5) is 12.3. The van der Waals surface area contributed by atoms with Gasteiger partial charge in [-0.15, -0.1) is 0 Å². The van der Waals surface area contributed by atoms with Crippen LogP contribution in [0.15, 0.2) is 77.9 Å². The molecule has 1 amide bonds. The van der Waals surface area contributed by atoms with Crippen LogP contribution in [0.25, 0.3) is 22.0 Å². The van der Waals surface area contributed by atoms with Crippen LogP contribution in [0, 0.1) is 6.92 Å². The van der Waals surface area contributed by atoms with Crippen molar-refractivity contribution in [2.75, 3.05) is 0 Å². The summed E-state index contributed by atoms with van der Waals surface area (Å²) in [6.45, 7) is 2.03. The van der Waals surface area contributed by atoms with Gasteiger partial charge in [0.15, 0.2) is 0 Å². The van der Waals surface area contributed by atoms with Crippen LogP contribution in [0.4, 0.5) is 0 Å². The minimum atomic E-state index is -0.336. The number of amides is 1. The summed E-state index contributed by atoms with van der Waals surface area (Å²) in [7, 11) is 0. The first-order chi connectivity index (χ1) is 13.2. The van der Waals surface area contributed by atoms with Crippen molar-refractivity contribution in [3.63, 3.8) is 0 Å².